The predicted octanol–water partition coefficient (Wildman–Crippen LogP) is 4.32. The van der Waals surface area contributed by atoms with E-state index in [9.17, 15) is 33.4 Å². The maximum atomic E-state index is 12.7. The first-order valence-electron chi connectivity index (χ1n) is 6.49. The maximum absolute atomic E-state index is 12.7. The summed E-state index contributed by atoms with van der Waals surface area (Å²) in [6.07, 6.45) is -4.78. The molecule has 0 atom stereocenters. The van der Waals surface area contributed by atoms with Gasteiger partial charge in [0.05, 0.1) is 28.6 Å². The van der Waals surface area contributed by atoms with Gasteiger partial charge in [0.2, 0.25) is 11.5 Å². The molecule has 132 valence electrons. The lowest BCUT2D eigenvalue weighted by molar-refractivity contribution is -0.387. The second-order valence-corrected chi connectivity index (χ2v) is 4.63. The zero-order valence-electron chi connectivity index (χ0n) is 12.4. The summed E-state index contributed by atoms with van der Waals surface area (Å²) in [5, 5.41) is 22.1. The van der Waals surface area contributed by atoms with Crippen LogP contribution in [0.25, 0.3) is 0 Å². The number of nitrogens with zero attached hydrogens (tertiary/aromatic N) is 2. The number of ether oxygens (including phenoxy) is 2. The van der Waals surface area contributed by atoms with Crippen LogP contribution in [0.4, 0.5) is 24.5 Å². The lowest BCUT2D eigenvalue weighted by Crippen LogP contribution is -2.06. The highest BCUT2D eigenvalue weighted by molar-refractivity contribution is 5.56. The predicted molar refractivity (Wildman–Crippen MR) is 77.8 cm³/mol. The van der Waals surface area contributed by atoms with E-state index in [2.05, 4.69) is 0 Å². The molecule has 11 heteroatoms. The molecule has 0 aromatic heterocycles. The fourth-order valence-corrected chi connectivity index (χ4v) is 1.89. The minimum absolute atomic E-state index is 0.140. The second kappa shape index (κ2) is 6.63. The molecule has 0 heterocycles. The quantitative estimate of drug-likeness (QED) is 0.582. The molecule has 0 amide bonds. The van der Waals surface area contributed by atoms with E-state index in [-0.39, 0.29) is 11.5 Å². The van der Waals surface area contributed by atoms with E-state index in [4.69, 9.17) is 9.47 Å². The summed E-state index contributed by atoms with van der Waals surface area (Å²) in [5.41, 5.74) is -2.77. The summed E-state index contributed by atoms with van der Waals surface area (Å²) >= 11 is 0. The lowest BCUT2D eigenvalue weighted by Gasteiger charge is -2.10. The van der Waals surface area contributed by atoms with E-state index in [1.54, 1.807) is 0 Å². The van der Waals surface area contributed by atoms with Gasteiger partial charge in [0.15, 0.2) is 0 Å². The summed E-state index contributed by atoms with van der Waals surface area (Å²) in [7, 11) is 1.28. The molecule has 0 bridgehead atoms. The first kappa shape index (κ1) is 18.0. The molecule has 0 radical (unpaired) electrons. The van der Waals surface area contributed by atoms with Crippen molar-refractivity contribution in [3.05, 3.63) is 62.2 Å². The average molecular weight is 358 g/mol. The number of hydrogen-bond acceptors (Lipinski definition) is 6. The zero-order chi connectivity index (χ0) is 18.8. The van der Waals surface area contributed by atoms with Gasteiger partial charge in [0.25, 0.3) is 0 Å². The summed E-state index contributed by atoms with van der Waals surface area (Å²) < 4.78 is 48.0. The molecule has 0 aliphatic rings. The minimum Gasteiger partial charge on any atom is -0.496 e. The first-order chi connectivity index (χ1) is 11.6. The number of benzene rings is 2. The van der Waals surface area contributed by atoms with Crippen LogP contribution in [0.5, 0.6) is 17.2 Å². The number of methoxy groups -OCH3 is 1. The van der Waals surface area contributed by atoms with E-state index in [0.29, 0.717) is 12.1 Å². The Kier molecular flexibility index (Phi) is 4.77. The Labute approximate surface area is 137 Å². The third-order valence-electron chi connectivity index (χ3n) is 3.07. The first-order valence-corrected chi connectivity index (χ1v) is 6.49. The Balaban J connectivity index is 2.50. The van der Waals surface area contributed by atoms with Crippen LogP contribution in [-0.4, -0.2) is 17.0 Å². The van der Waals surface area contributed by atoms with E-state index in [1.165, 1.54) is 13.2 Å². The van der Waals surface area contributed by atoms with E-state index >= 15 is 0 Å². The second-order valence-electron chi connectivity index (χ2n) is 4.63. The van der Waals surface area contributed by atoms with Gasteiger partial charge >= 0.3 is 17.6 Å². The van der Waals surface area contributed by atoms with Crippen LogP contribution in [0.3, 0.4) is 0 Å². The monoisotopic (exact) mass is 358 g/mol. The fraction of sp³-hybridized carbons (Fsp3) is 0.143. The Morgan fingerprint density at radius 1 is 0.920 bits per heavy atom. The zero-order valence-corrected chi connectivity index (χ0v) is 12.4. The minimum atomic E-state index is -4.78. The Bertz CT molecular complexity index is 838. The van der Waals surface area contributed by atoms with Crippen LogP contribution in [0.2, 0.25) is 0 Å². The van der Waals surface area contributed by atoms with Crippen molar-refractivity contribution in [3.8, 4) is 17.2 Å². The van der Waals surface area contributed by atoms with Gasteiger partial charge in [-0.05, 0) is 24.3 Å². The molecule has 0 N–H and O–H groups in total. The number of nitro benzene ring substituents is 2. The molecule has 0 spiro atoms. The molecule has 0 saturated carbocycles. The number of halogens is 3. The Morgan fingerprint density at radius 2 is 1.44 bits per heavy atom. The van der Waals surface area contributed by atoms with Crippen LogP contribution in [-0.2, 0) is 6.18 Å². The van der Waals surface area contributed by atoms with E-state index in [1.807, 2.05) is 0 Å². The maximum Gasteiger partial charge on any atom is 0.416 e. The highest BCUT2D eigenvalue weighted by Crippen LogP contribution is 2.40. The topological polar surface area (TPSA) is 105 Å². The van der Waals surface area contributed by atoms with Gasteiger partial charge in [-0.3, -0.25) is 20.2 Å². The van der Waals surface area contributed by atoms with E-state index < -0.39 is 38.7 Å². The number of rotatable bonds is 5. The van der Waals surface area contributed by atoms with Crippen LogP contribution < -0.4 is 9.47 Å². The van der Waals surface area contributed by atoms with Crippen molar-refractivity contribution in [3.63, 3.8) is 0 Å². The lowest BCUT2D eigenvalue weighted by atomic mass is 10.2. The van der Waals surface area contributed by atoms with Crippen molar-refractivity contribution in [2.24, 2.45) is 0 Å². The van der Waals surface area contributed by atoms with Crippen LogP contribution >= 0.6 is 0 Å². The highest BCUT2D eigenvalue weighted by atomic mass is 19.4. The summed E-state index contributed by atoms with van der Waals surface area (Å²) in [6.45, 7) is 0. The van der Waals surface area contributed by atoms with Gasteiger partial charge in [0, 0.05) is 6.07 Å². The molecule has 0 fully saturated rings. The van der Waals surface area contributed by atoms with Crippen LogP contribution in [0, 0.1) is 20.2 Å². The molecular formula is C14H9F3N2O6. The molecule has 2 aromatic carbocycles. The molecule has 2 aromatic rings. The summed E-state index contributed by atoms with van der Waals surface area (Å²) in [6, 6.07) is 5.05. The van der Waals surface area contributed by atoms with Gasteiger partial charge in [-0.25, -0.2) is 0 Å². The van der Waals surface area contributed by atoms with Gasteiger partial charge < -0.3 is 9.47 Å². The number of alkyl halides is 3. The normalized spacial score (nSPS) is 11.0. The smallest absolute Gasteiger partial charge is 0.416 e. The fourth-order valence-electron chi connectivity index (χ4n) is 1.89. The van der Waals surface area contributed by atoms with Gasteiger partial charge in [0.1, 0.15) is 5.75 Å². The van der Waals surface area contributed by atoms with Crippen molar-refractivity contribution >= 4 is 11.4 Å². The molecule has 0 aliphatic carbocycles. The standard InChI is InChI=1S/C14H9F3N2O6/c1-24-9-3-5-13(11(7-9)19(22)23)25-12-4-2-8(14(15,16)17)6-10(12)18(20)21/h2-7H,1H3. The van der Waals surface area contributed by atoms with Crippen molar-refractivity contribution < 1.29 is 32.5 Å². The van der Waals surface area contributed by atoms with Crippen LogP contribution in [0.15, 0.2) is 36.4 Å². The van der Waals surface area contributed by atoms with E-state index in [0.717, 1.165) is 18.2 Å². The molecule has 8 nitrogen and oxygen atoms in total. The largest absolute Gasteiger partial charge is 0.496 e. The molecule has 25 heavy (non-hydrogen) atoms. The highest BCUT2D eigenvalue weighted by Gasteiger charge is 2.33. The molecular weight excluding hydrogens is 349 g/mol. The van der Waals surface area contributed by atoms with Gasteiger partial charge in [-0.1, -0.05) is 0 Å². The van der Waals surface area contributed by atoms with Gasteiger partial charge in [-0.2, -0.15) is 13.2 Å². The van der Waals surface area contributed by atoms with Crippen molar-refractivity contribution in [2.75, 3.05) is 7.11 Å². The number of hydrogen-bond donors (Lipinski definition) is 0. The average Bonchev–Trinajstić information content (AvgIpc) is 2.54. The molecule has 0 unspecified atom stereocenters. The third-order valence-corrected chi connectivity index (χ3v) is 3.07. The summed E-state index contributed by atoms with van der Waals surface area (Å²) in [5.74, 6) is -0.805. The Hall–Kier alpha value is -3.37. The van der Waals surface area contributed by atoms with Crippen molar-refractivity contribution in [2.45, 2.75) is 6.18 Å². The van der Waals surface area contributed by atoms with Crippen LogP contribution in [0.1, 0.15) is 5.56 Å². The van der Waals surface area contributed by atoms with Crippen molar-refractivity contribution in [1.29, 1.82) is 0 Å². The SMILES string of the molecule is COc1ccc(Oc2ccc(C(F)(F)F)cc2[N+](=O)[O-])c([N+](=O)[O-])c1. The van der Waals surface area contributed by atoms with Gasteiger partial charge in [-0.15, -0.1) is 0 Å². The molecule has 2 rings (SSSR count). The van der Waals surface area contributed by atoms with Crippen molar-refractivity contribution in [1.82, 2.24) is 0 Å². The number of nitro groups is 2. The summed E-state index contributed by atoms with van der Waals surface area (Å²) in [4.78, 5) is 20.2. The molecule has 0 aliphatic heterocycles. The third kappa shape index (κ3) is 3.94. The Morgan fingerprint density at radius 3 is 1.92 bits per heavy atom. The molecule has 0 saturated heterocycles.